The second-order valence-electron chi connectivity index (χ2n) is 22.7. The molecule has 0 radical (unpaired) electrons. The number of hydrogen-bond acceptors (Lipinski definition) is 10. The molecule has 11 aromatic rings. The second kappa shape index (κ2) is 23.8. The number of hydrogen-bond donors (Lipinski definition) is 0. The maximum absolute atomic E-state index is 15.3. The first-order chi connectivity index (χ1) is 40.4. The van der Waals surface area contributed by atoms with Gasteiger partial charge in [0.05, 0.1) is 22.3 Å². The molecule has 0 bridgehead atoms. The van der Waals surface area contributed by atoms with Crippen LogP contribution in [0.4, 0.5) is 0 Å². The summed E-state index contributed by atoms with van der Waals surface area (Å²) in [5.74, 6) is -1.71. The number of carbonyl (C=O) groups is 4. The summed E-state index contributed by atoms with van der Waals surface area (Å²) < 4.78 is 39.6. The van der Waals surface area contributed by atoms with Crippen molar-refractivity contribution in [2.24, 2.45) is 0 Å². The van der Waals surface area contributed by atoms with Crippen LogP contribution in [0, 0.1) is 0 Å². The van der Waals surface area contributed by atoms with Gasteiger partial charge in [-0.3, -0.25) is 0 Å². The van der Waals surface area contributed by atoms with Crippen LogP contribution in [0.3, 0.4) is 0 Å². The molecular weight excluding hydrogens is 1180 g/mol. The van der Waals surface area contributed by atoms with Crippen molar-refractivity contribution in [3.8, 4) is 23.0 Å². The van der Waals surface area contributed by atoms with Gasteiger partial charge < -0.3 is 28.4 Å². The maximum atomic E-state index is 15.3. The van der Waals surface area contributed by atoms with Crippen LogP contribution in [0.1, 0.15) is 116 Å². The molecule has 0 unspecified atom stereocenters. The van der Waals surface area contributed by atoms with Crippen LogP contribution >= 0.6 is 31.9 Å². The first-order valence-corrected chi connectivity index (χ1v) is 29.1. The highest BCUT2D eigenvalue weighted by Gasteiger charge is 2.34. The van der Waals surface area contributed by atoms with Crippen molar-refractivity contribution in [1.29, 1.82) is 0 Å². The molecule has 0 atom stereocenters. The molecule has 0 saturated carbocycles. The first-order valence-electron chi connectivity index (χ1n) is 27.5. The van der Waals surface area contributed by atoms with Crippen LogP contribution in [0.2, 0.25) is 0 Å². The zero-order valence-electron chi connectivity index (χ0n) is 47.1. The van der Waals surface area contributed by atoms with Crippen molar-refractivity contribution >= 4 is 98.8 Å². The fourth-order valence-corrected chi connectivity index (χ4v) is 11.7. The molecule has 0 saturated heterocycles. The zero-order chi connectivity index (χ0) is 58.9. The van der Waals surface area contributed by atoms with E-state index in [-0.39, 0.29) is 81.8 Å². The van der Waals surface area contributed by atoms with Gasteiger partial charge in [-0.2, -0.15) is 0 Å². The van der Waals surface area contributed by atoms with Crippen molar-refractivity contribution in [3.63, 3.8) is 0 Å². The van der Waals surface area contributed by atoms with Crippen LogP contribution < -0.4 is 9.47 Å². The lowest BCUT2D eigenvalue weighted by Crippen LogP contribution is -2.14. The van der Waals surface area contributed by atoms with E-state index >= 15 is 19.2 Å². The summed E-state index contributed by atoms with van der Waals surface area (Å²) in [5, 5.41) is 2.84. The third-order valence-corrected chi connectivity index (χ3v) is 16.0. The number of esters is 4. The number of ether oxygens (including phenoxy) is 6. The molecule has 0 amide bonds. The average molecular weight is 1240 g/mol. The normalized spacial score (nSPS) is 11.7. The number of carbonyl (C=O) groups excluding carboxylic acids is 4. The Morgan fingerprint density at radius 1 is 0.321 bits per heavy atom. The third-order valence-electron chi connectivity index (χ3n) is 14.8. The van der Waals surface area contributed by atoms with E-state index in [9.17, 15) is 0 Å². The summed E-state index contributed by atoms with van der Waals surface area (Å²) in [6, 6.07) is 59.1. The molecular formula is C72H58Br2O10. The van der Waals surface area contributed by atoms with Crippen molar-refractivity contribution in [3.05, 3.63) is 259 Å². The zero-order valence-corrected chi connectivity index (χ0v) is 50.3. The summed E-state index contributed by atoms with van der Waals surface area (Å²) in [5.41, 5.74) is 4.84. The maximum Gasteiger partial charge on any atom is 0.339 e. The summed E-state index contributed by atoms with van der Waals surface area (Å²) in [6.07, 6.45) is 0. The number of benzene rings is 11. The van der Waals surface area contributed by atoms with Gasteiger partial charge in [0.2, 0.25) is 0 Å². The monoisotopic (exact) mass is 1240 g/mol. The molecule has 10 nitrogen and oxygen atoms in total. The Kier molecular flexibility index (Phi) is 16.1. The number of rotatable bonds is 16. The highest BCUT2D eigenvalue weighted by Crippen LogP contribution is 2.55. The van der Waals surface area contributed by atoms with Crippen LogP contribution in [0.25, 0.3) is 43.1 Å². The van der Waals surface area contributed by atoms with E-state index in [0.29, 0.717) is 52.8 Å². The van der Waals surface area contributed by atoms with Gasteiger partial charge in [-0.15, -0.1) is 0 Å². The Morgan fingerprint density at radius 2 is 0.583 bits per heavy atom. The first kappa shape index (κ1) is 57.0. The van der Waals surface area contributed by atoms with Gasteiger partial charge in [0.15, 0.2) is 0 Å². The Labute approximate surface area is 503 Å². The quantitative estimate of drug-likeness (QED) is 0.0400. The lowest BCUT2D eigenvalue weighted by Gasteiger charge is -2.25. The SMILES string of the molecule is CC(C)(C)c1ccc(Oc2cc(C(=O)OCc3ccccc3)c3c(C(=O)OCc4ccccc4)cc(Br)c4c5c(Oc6ccc(C(C)(C)C)cc6)cc(C(=O)OCc6ccccc6)c6c(C(=O)OCc7ccccc7)cc(Br)c(c2c34)c65)cc1. The molecule has 0 heterocycles. The summed E-state index contributed by atoms with van der Waals surface area (Å²) in [7, 11) is 0. The van der Waals surface area contributed by atoms with Crippen molar-refractivity contribution in [2.45, 2.75) is 78.8 Å². The minimum atomic E-state index is -0.748. The Hall–Kier alpha value is -8.84. The van der Waals surface area contributed by atoms with E-state index in [0.717, 1.165) is 33.4 Å². The van der Waals surface area contributed by atoms with E-state index in [4.69, 9.17) is 28.4 Å². The molecule has 0 aromatic heterocycles. The minimum Gasteiger partial charge on any atom is -0.457 e. The lowest BCUT2D eigenvalue weighted by molar-refractivity contribution is 0.0458. The Bertz CT molecular complexity index is 3990. The van der Waals surface area contributed by atoms with E-state index in [1.807, 2.05) is 170 Å². The molecule has 0 aliphatic rings. The van der Waals surface area contributed by atoms with Gasteiger partial charge >= 0.3 is 23.9 Å². The van der Waals surface area contributed by atoms with Gasteiger partial charge in [0.1, 0.15) is 49.4 Å². The van der Waals surface area contributed by atoms with Crippen LogP contribution in [0.5, 0.6) is 23.0 Å². The van der Waals surface area contributed by atoms with Crippen molar-refractivity contribution in [2.75, 3.05) is 0 Å². The van der Waals surface area contributed by atoms with E-state index in [1.54, 1.807) is 24.3 Å². The Balaban J connectivity index is 1.27. The molecule has 0 N–H and O–H groups in total. The predicted molar refractivity (Wildman–Crippen MR) is 336 cm³/mol. The summed E-state index contributed by atoms with van der Waals surface area (Å²) in [4.78, 5) is 60.7. The smallest absolute Gasteiger partial charge is 0.339 e. The molecule has 11 aromatic carbocycles. The molecule has 0 aliphatic heterocycles. The van der Waals surface area contributed by atoms with Crippen molar-refractivity contribution in [1.82, 2.24) is 0 Å². The summed E-state index contributed by atoms with van der Waals surface area (Å²) >= 11 is 7.94. The van der Waals surface area contributed by atoms with Gasteiger partial charge in [0.25, 0.3) is 0 Å². The molecule has 420 valence electrons. The van der Waals surface area contributed by atoms with Gasteiger partial charge in [-0.25, -0.2) is 19.2 Å². The standard InChI is InChI=1S/C72H58Br2O10/c1-71(2,3)47-27-31-49(32-28-47)83-57-37-53(69(77)81-41-45-23-15-9-16-24-45)59-51(67(75)79-39-43-19-11-7-12-20-43)36-56(74)62-64-58(84-50-33-29-48(30-34-50)72(4,5)6)38-54(70(78)82-42-46-25-17-10-18-26-46)60-52(68(76)80-40-44-21-13-8-14-22-44)35-55(73)61(66(60)64)63(57)65(59)62/h7-38H,39-42H2,1-6H3. The van der Waals surface area contributed by atoms with Crippen LogP contribution in [-0.2, 0) is 56.2 Å². The fraction of sp³-hybridized carbons (Fsp3) is 0.167. The summed E-state index contributed by atoms with van der Waals surface area (Å²) in [6.45, 7) is 12.4. The fourth-order valence-electron chi connectivity index (χ4n) is 10.5. The molecule has 12 heteroatoms. The predicted octanol–water partition coefficient (Wildman–Crippen LogP) is 18.9. The van der Waals surface area contributed by atoms with Crippen LogP contribution in [-0.4, -0.2) is 23.9 Å². The lowest BCUT2D eigenvalue weighted by atomic mass is 9.83. The third kappa shape index (κ3) is 11.9. The topological polar surface area (TPSA) is 124 Å². The molecule has 0 fully saturated rings. The highest BCUT2D eigenvalue weighted by atomic mass is 79.9. The van der Waals surface area contributed by atoms with Gasteiger partial charge in [-0.1, -0.05) is 219 Å². The minimum absolute atomic E-state index is 0.00433. The van der Waals surface area contributed by atoms with Gasteiger partial charge in [-0.05, 0) is 92.7 Å². The second-order valence-corrected chi connectivity index (χ2v) is 24.4. The van der Waals surface area contributed by atoms with Gasteiger partial charge in [0, 0.05) is 52.0 Å². The Morgan fingerprint density at radius 3 is 0.845 bits per heavy atom. The van der Waals surface area contributed by atoms with E-state index in [2.05, 4.69) is 73.4 Å². The van der Waals surface area contributed by atoms with Crippen molar-refractivity contribution < 1.29 is 47.6 Å². The largest absolute Gasteiger partial charge is 0.457 e. The molecule has 11 rings (SSSR count). The number of fused-ring (bicyclic) bond motifs is 2. The molecule has 0 aliphatic carbocycles. The highest BCUT2D eigenvalue weighted by molar-refractivity contribution is 9.11. The van der Waals surface area contributed by atoms with E-state index in [1.165, 1.54) is 0 Å². The average Bonchev–Trinajstić information content (AvgIpc) is 0.717. The molecule has 0 spiro atoms. The molecule has 84 heavy (non-hydrogen) atoms. The van der Waals surface area contributed by atoms with E-state index < -0.39 is 23.9 Å². The van der Waals surface area contributed by atoms with Crippen LogP contribution in [0.15, 0.2) is 203 Å². The number of halogens is 2.